The molecule has 2 aromatic rings. The molecule has 2 nitrogen and oxygen atoms in total. The second kappa shape index (κ2) is 5.33. The Bertz CT molecular complexity index is 557. The van der Waals surface area contributed by atoms with Crippen LogP contribution in [0, 0.1) is 5.92 Å². The summed E-state index contributed by atoms with van der Waals surface area (Å²) in [6.45, 7) is 0. The van der Waals surface area contributed by atoms with Gasteiger partial charge >= 0.3 is 0 Å². The van der Waals surface area contributed by atoms with Gasteiger partial charge in [-0.2, -0.15) is 0 Å². The molecule has 0 aliphatic heterocycles. The van der Waals surface area contributed by atoms with E-state index < -0.39 is 0 Å². The number of nitrogens with two attached hydrogens (primary N) is 1. The highest BCUT2D eigenvalue weighted by molar-refractivity contribution is 6.31. The van der Waals surface area contributed by atoms with E-state index in [0.29, 0.717) is 5.92 Å². The Hall–Kier alpha value is -1.35. The van der Waals surface area contributed by atoms with Gasteiger partial charge in [0.25, 0.3) is 0 Å². The Balaban J connectivity index is 1.88. The first-order valence-electron chi connectivity index (χ1n) is 6.57. The Morgan fingerprint density at radius 3 is 2.16 bits per heavy atom. The summed E-state index contributed by atoms with van der Waals surface area (Å²) in [5.74, 6) is 6.24. The molecule has 0 spiro atoms. The van der Waals surface area contributed by atoms with Crippen LogP contribution in [0.2, 0.25) is 5.02 Å². The summed E-state index contributed by atoms with van der Waals surface area (Å²) in [5, 5.41) is 0.779. The molecule has 0 saturated heterocycles. The summed E-state index contributed by atoms with van der Waals surface area (Å²) in [5.41, 5.74) is 6.90. The van der Waals surface area contributed by atoms with Crippen LogP contribution in [0.1, 0.15) is 22.7 Å². The SMILES string of the molecule is NNC(c1ccccc1Cl)C1Cc2ccccc2C1. The number of rotatable bonds is 3. The molecule has 3 rings (SSSR count). The quantitative estimate of drug-likeness (QED) is 0.665. The average Bonchev–Trinajstić information content (AvgIpc) is 2.85. The fourth-order valence-electron chi connectivity index (χ4n) is 3.04. The molecule has 1 aliphatic rings. The van der Waals surface area contributed by atoms with Crippen LogP contribution in [0.15, 0.2) is 48.5 Å². The Morgan fingerprint density at radius 1 is 1.00 bits per heavy atom. The van der Waals surface area contributed by atoms with Crippen molar-refractivity contribution in [3.8, 4) is 0 Å². The molecular formula is C16H17ClN2. The van der Waals surface area contributed by atoms with Crippen molar-refractivity contribution in [1.82, 2.24) is 5.43 Å². The molecule has 1 aliphatic carbocycles. The van der Waals surface area contributed by atoms with E-state index >= 15 is 0 Å². The summed E-state index contributed by atoms with van der Waals surface area (Å²) in [4.78, 5) is 0. The molecule has 0 amide bonds. The van der Waals surface area contributed by atoms with Crippen molar-refractivity contribution < 1.29 is 0 Å². The zero-order chi connectivity index (χ0) is 13.2. The van der Waals surface area contributed by atoms with Gasteiger partial charge in [-0.05, 0) is 41.5 Å². The molecule has 0 heterocycles. The third-order valence-electron chi connectivity index (χ3n) is 3.97. The molecule has 0 saturated carbocycles. The third kappa shape index (κ3) is 2.39. The fraction of sp³-hybridized carbons (Fsp3) is 0.250. The normalized spacial score (nSPS) is 16.3. The maximum absolute atomic E-state index is 6.29. The lowest BCUT2D eigenvalue weighted by Crippen LogP contribution is -2.34. The van der Waals surface area contributed by atoms with E-state index in [2.05, 4.69) is 35.8 Å². The maximum Gasteiger partial charge on any atom is 0.0509 e. The largest absolute Gasteiger partial charge is 0.271 e. The van der Waals surface area contributed by atoms with Crippen LogP contribution in [-0.2, 0) is 12.8 Å². The molecule has 0 radical (unpaired) electrons. The lowest BCUT2D eigenvalue weighted by atomic mass is 9.91. The number of hydrogen-bond acceptors (Lipinski definition) is 2. The van der Waals surface area contributed by atoms with Crippen molar-refractivity contribution in [3.63, 3.8) is 0 Å². The highest BCUT2D eigenvalue weighted by atomic mass is 35.5. The van der Waals surface area contributed by atoms with Gasteiger partial charge in [0.15, 0.2) is 0 Å². The van der Waals surface area contributed by atoms with E-state index in [4.69, 9.17) is 17.4 Å². The Kier molecular flexibility index (Phi) is 3.56. The van der Waals surface area contributed by atoms with Crippen molar-refractivity contribution in [2.75, 3.05) is 0 Å². The van der Waals surface area contributed by atoms with Crippen LogP contribution in [-0.4, -0.2) is 0 Å². The molecule has 1 atom stereocenters. The number of nitrogens with one attached hydrogen (secondary N) is 1. The number of halogens is 1. The second-order valence-electron chi connectivity index (χ2n) is 5.10. The van der Waals surface area contributed by atoms with Crippen LogP contribution in [0.5, 0.6) is 0 Å². The Morgan fingerprint density at radius 2 is 1.58 bits per heavy atom. The third-order valence-corrected chi connectivity index (χ3v) is 4.32. The molecule has 3 N–H and O–H groups in total. The summed E-state index contributed by atoms with van der Waals surface area (Å²) in [7, 11) is 0. The first-order chi connectivity index (χ1) is 9.29. The standard InChI is InChI=1S/C16H17ClN2/c17-15-8-4-3-7-14(15)16(19-18)13-9-11-5-1-2-6-12(11)10-13/h1-8,13,16,19H,9-10,18H2. The zero-order valence-corrected chi connectivity index (χ0v) is 11.4. The molecular weight excluding hydrogens is 256 g/mol. The van der Waals surface area contributed by atoms with Gasteiger partial charge in [-0.25, -0.2) is 0 Å². The highest BCUT2D eigenvalue weighted by Gasteiger charge is 2.29. The molecule has 1 unspecified atom stereocenters. The molecule has 98 valence electrons. The topological polar surface area (TPSA) is 38.0 Å². The number of fused-ring (bicyclic) bond motifs is 1. The molecule has 19 heavy (non-hydrogen) atoms. The minimum absolute atomic E-state index is 0.0982. The summed E-state index contributed by atoms with van der Waals surface area (Å²) >= 11 is 6.29. The number of hydrazine groups is 1. The van der Waals surface area contributed by atoms with E-state index in [-0.39, 0.29) is 6.04 Å². The van der Waals surface area contributed by atoms with Gasteiger partial charge in [0.05, 0.1) is 6.04 Å². The van der Waals surface area contributed by atoms with Gasteiger partial charge in [0.1, 0.15) is 0 Å². The van der Waals surface area contributed by atoms with E-state index in [1.165, 1.54) is 11.1 Å². The molecule has 3 heteroatoms. The highest BCUT2D eigenvalue weighted by Crippen LogP contribution is 2.36. The van der Waals surface area contributed by atoms with Crippen molar-refractivity contribution in [1.29, 1.82) is 0 Å². The van der Waals surface area contributed by atoms with Gasteiger partial charge in [0.2, 0.25) is 0 Å². The van der Waals surface area contributed by atoms with Gasteiger partial charge in [0, 0.05) is 5.02 Å². The van der Waals surface area contributed by atoms with E-state index in [9.17, 15) is 0 Å². The van der Waals surface area contributed by atoms with Gasteiger partial charge in [-0.3, -0.25) is 11.3 Å². The van der Waals surface area contributed by atoms with Crippen molar-refractivity contribution in [2.24, 2.45) is 11.8 Å². The number of benzene rings is 2. The zero-order valence-electron chi connectivity index (χ0n) is 10.6. The monoisotopic (exact) mass is 272 g/mol. The first-order valence-corrected chi connectivity index (χ1v) is 6.94. The first kappa shape index (κ1) is 12.7. The summed E-state index contributed by atoms with van der Waals surface area (Å²) in [6, 6.07) is 16.6. The Labute approximate surface area is 118 Å². The lowest BCUT2D eigenvalue weighted by molar-refractivity contribution is 0.380. The summed E-state index contributed by atoms with van der Waals surface area (Å²) in [6.07, 6.45) is 2.10. The lowest BCUT2D eigenvalue weighted by Gasteiger charge is -2.24. The minimum atomic E-state index is 0.0982. The van der Waals surface area contributed by atoms with Crippen LogP contribution < -0.4 is 11.3 Å². The number of hydrogen-bond donors (Lipinski definition) is 2. The predicted molar refractivity (Wildman–Crippen MR) is 78.9 cm³/mol. The molecule has 2 aromatic carbocycles. The van der Waals surface area contributed by atoms with Crippen LogP contribution in [0.4, 0.5) is 0 Å². The average molecular weight is 273 g/mol. The molecule has 0 bridgehead atoms. The van der Waals surface area contributed by atoms with Crippen molar-refractivity contribution >= 4 is 11.6 Å². The fourth-order valence-corrected chi connectivity index (χ4v) is 3.29. The van der Waals surface area contributed by atoms with E-state index in [1.54, 1.807) is 0 Å². The molecule has 0 fully saturated rings. The van der Waals surface area contributed by atoms with E-state index in [0.717, 1.165) is 23.4 Å². The summed E-state index contributed by atoms with van der Waals surface area (Å²) < 4.78 is 0. The van der Waals surface area contributed by atoms with E-state index in [1.807, 2.05) is 18.2 Å². The van der Waals surface area contributed by atoms with Gasteiger partial charge in [-0.1, -0.05) is 54.1 Å². The maximum atomic E-state index is 6.29. The predicted octanol–water partition coefficient (Wildman–Crippen LogP) is 3.26. The second-order valence-corrected chi connectivity index (χ2v) is 5.51. The van der Waals surface area contributed by atoms with Crippen LogP contribution in [0.25, 0.3) is 0 Å². The smallest absolute Gasteiger partial charge is 0.0509 e. The van der Waals surface area contributed by atoms with Gasteiger partial charge in [-0.15, -0.1) is 0 Å². The van der Waals surface area contributed by atoms with Gasteiger partial charge < -0.3 is 0 Å². The van der Waals surface area contributed by atoms with Crippen molar-refractivity contribution in [2.45, 2.75) is 18.9 Å². The minimum Gasteiger partial charge on any atom is -0.271 e. The van der Waals surface area contributed by atoms with Crippen LogP contribution in [0.3, 0.4) is 0 Å². The molecule has 0 aromatic heterocycles. The van der Waals surface area contributed by atoms with Crippen LogP contribution >= 0.6 is 11.6 Å². The van der Waals surface area contributed by atoms with Crippen molar-refractivity contribution in [3.05, 3.63) is 70.2 Å².